The third-order valence-electron chi connectivity index (χ3n) is 4.33. The van der Waals surface area contributed by atoms with E-state index < -0.39 is 0 Å². The highest BCUT2D eigenvalue weighted by molar-refractivity contribution is 7.80. The molecule has 0 unspecified atom stereocenters. The van der Waals surface area contributed by atoms with Crippen LogP contribution in [-0.2, 0) is 0 Å². The molecule has 6 nitrogen and oxygen atoms in total. The quantitative estimate of drug-likeness (QED) is 0.185. The van der Waals surface area contributed by atoms with Crippen molar-refractivity contribution in [3.8, 4) is 17.2 Å². The second kappa shape index (κ2) is 12.5. The summed E-state index contributed by atoms with van der Waals surface area (Å²) in [6, 6.07) is 11.7. The molecule has 0 bridgehead atoms. The van der Waals surface area contributed by atoms with E-state index >= 15 is 0 Å². The maximum Gasteiger partial charge on any atom is 0.187 e. The summed E-state index contributed by atoms with van der Waals surface area (Å²) < 4.78 is 17.2. The van der Waals surface area contributed by atoms with E-state index in [1.807, 2.05) is 30.3 Å². The van der Waals surface area contributed by atoms with Crippen molar-refractivity contribution in [1.29, 1.82) is 0 Å². The predicted octanol–water partition coefficient (Wildman–Crippen LogP) is 4.14. The number of hydrogen-bond acceptors (Lipinski definition) is 5. The lowest BCUT2D eigenvalue weighted by molar-refractivity contribution is 0.239. The zero-order valence-corrected chi connectivity index (χ0v) is 18.6. The summed E-state index contributed by atoms with van der Waals surface area (Å²) >= 11 is 5.08. The van der Waals surface area contributed by atoms with Crippen molar-refractivity contribution in [2.75, 3.05) is 26.9 Å². The number of nitrogens with one attached hydrogen (secondary N) is 2. The molecule has 0 aliphatic heterocycles. The Balaban J connectivity index is 1.81. The minimum Gasteiger partial charge on any atom is -0.493 e. The second-order valence-electron chi connectivity index (χ2n) is 6.53. The molecule has 0 aliphatic rings. The normalized spacial score (nSPS) is 10.5. The topological polar surface area (TPSA) is 64.1 Å². The molecule has 2 aromatic carbocycles. The molecule has 0 saturated carbocycles. The molecule has 160 valence electrons. The standard InChI is InChI=1S/C23H29N3O3S/c1-5-12-24-23(30)26-25-16-19-10-11-21(22(15-19)27-4)29-14-7-13-28-20-9-6-8-17(2)18(20)3/h5-6,8-11,15-16H,1,7,12-14H2,2-4H3,(H2,24,26,30)/b25-16+. The Hall–Kier alpha value is -3.06. The van der Waals surface area contributed by atoms with Gasteiger partial charge in [-0.3, -0.25) is 5.43 Å². The third kappa shape index (κ3) is 7.40. The largest absolute Gasteiger partial charge is 0.493 e. The molecule has 2 rings (SSSR count). The maximum absolute atomic E-state index is 5.86. The molecule has 2 N–H and O–H groups in total. The summed E-state index contributed by atoms with van der Waals surface area (Å²) in [5.74, 6) is 2.24. The third-order valence-corrected chi connectivity index (χ3v) is 4.57. The summed E-state index contributed by atoms with van der Waals surface area (Å²) in [4.78, 5) is 0. The van der Waals surface area contributed by atoms with Crippen molar-refractivity contribution in [2.45, 2.75) is 20.3 Å². The van der Waals surface area contributed by atoms with Gasteiger partial charge in [0.2, 0.25) is 0 Å². The molecule has 2 aromatic rings. The zero-order chi connectivity index (χ0) is 21.8. The number of hydrazone groups is 1. The van der Waals surface area contributed by atoms with Crippen LogP contribution in [0.4, 0.5) is 0 Å². The van der Waals surface area contributed by atoms with Gasteiger partial charge in [0, 0.05) is 13.0 Å². The lowest BCUT2D eigenvalue weighted by atomic mass is 10.1. The Morgan fingerprint density at radius 3 is 2.60 bits per heavy atom. The molecule has 7 heteroatoms. The average molecular weight is 428 g/mol. The van der Waals surface area contributed by atoms with Crippen LogP contribution in [0.25, 0.3) is 0 Å². The number of thiocarbonyl (C=S) groups is 1. The van der Waals surface area contributed by atoms with Crippen molar-refractivity contribution in [1.82, 2.24) is 10.7 Å². The average Bonchev–Trinajstić information content (AvgIpc) is 2.75. The number of hydrogen-bond donors (Lipinski definition) is 2. The summed E-state index contributed by atoms with van der Waals surface area (Å²) in [7, 11) is 1.61. The Morgan fingerprint density at radius 2 is 1.87 bits per heavy atom. The highest BCUT2D eigenvalue weighted by Crippen LogP contribution is 2.27. The molecule has 0 amide bonds. The number of methoxy groups -OCH3 is 1. The van der Waals surface area contributed by atoms with Crippen LogP contribution < -0.4 is 25.0 Å². The van der Waals surface area contributed by atoms with Gasteiger partial charge in [-0.15, -0.1) is 6.58 Å². The molecule has 0 spiro atoms. The molecule has 0 aliphatic carbocycles. The number of nitrogens with zero attached hydrogens (tertiary/aromatic N) is 1. The fraction of sp³-hybridized carbons (Fsp3) is 0.304. The number of aryl methyl sites for hydroxylation is 1. The Morgan fingerprint density at radius 1 is 1.10 bits per heavy atom. The lowest BCUT2D eigenvalue weighted by Gasteiger charge is -2.13. The van der Waals surface area contributed by atoms with E-state index in [2.05, 4.69) is 42.3 Å². The van der Waals surface area contributed by atoms with Gasteiger partial charge in [-0.05, 0) is 67.0 Å². The highest BCUT2D eigenvalue weighted by atomic mass is 32.1. The number of ether oxygens (including phenoxy) is 3. The first kappa shape index (κ1) is 23.2. The van der Waals surface area contributed by atoms with Gasteiger partial charge in [0.05, 0.1) is 26.5 Å². The molecule has 0 atom stereocenters. The Kier molecular flexibility index (Phi) is 9.67. The van der Waals surface area contributed by atoms with Crippen molar-refractivity contribution in [3.05, 3.63) is 65.7 Å². The maximum atomic E-state index is 5.86. The summed E-state index contributed by atoms with van der Waals surface area (Å²) in [5, 5.41) is 7.47. The highest BCUT2D eigenvalue weighted by Gasteiger charge is 2.06. The van der Waals surface area contributed by atoms with Crippen LogP contribution in [0.5, 0.6) is 17.2 Å². The first-order valence-corrected chi connectivity index (χ1v) is 10.1. The van der Waals surface area contributed by atoms with Gasteiger partial charge in [0.15, 0.2) is 16.6 Å². The Labute approximate surface area is 183 Å². The van der Waals surface area contributed by atoms with E-state index in [1.165, 1.54) is 11.1 Å². The molecular formula is C23H29N3O3S. The van der Waals surface area contributed by atoms with Gasteiger partial charge >= 0.3 is 0 Å². The van der Waals surface area contributed by atoms with Gasteiger partial charge in [-0.1, -0.05) is 18.2 Å². The lowest BCUT2D eigenvalue weighted by Crippen LogP contribution is -2.31. The molecular weight excluding hydrogens is 398 g/mol. The molecule has 0 saturated heterocycles. The molecule has 0 aromatic heterocycles. The first-order valence-electron chi connectivity index (χ1n) is 9.72. The smallest absolute Gasteiger partial charge is 0.187 e. The van der Waals surface area contributed by atoms with Crippen LogP contribution >= 0.6 is 12.2 Å². The van der Waals surface area contributed by atoms with E-state index in [1.54, 1.807) is 19.4 Å². The van der Waals surface area contributed by atoms with Crippen LogP contribution in [-0.4, -0.2) is 38.2 Å². The molecule has 0 heterocycles. The summed E-state index contributed by atoms with van der Waals surface area (Å²) in [5.41, 5.74) is 6.00. The van der Waals surface area contributed by atoms with Crippen molar-refractivity contribution >= 4 is 23.5 Å². The number of benzene rings is 2. The minimum absolute atomic E-state index is 0.432. The summed E-state index contributed by atoms with van der Waals surface area (Å²) in [6.07, 6.45) is 4.14. The van der Waals surface area contributed by atoms with Crippen LogP contribution in [0.3, 0.4) is 0 Å². The van der Waals surface area contributed by atoms with Gasteiger partial charge in [-0.2, -0.15) is 5.10 Å². The van der Waals surface area contributed by atoms with Crippen LogP contribution in [0, 0.1) is 13.8 Å². The monoisotopic (exact) mass is 427 g/mol. The van der Waals surface area contributed by atoms with Gasteiger partial charge in [0.1, 0.15) is 5.75 Å². The van der Waals surface area contributed by atoms with E-state index in [9.17, 15) is 0 Å². The van der Waals surface area contributed by atoms with Crippen molar-refractivity contribution in [3.63, 3.8) is 0 Å². The van der Waals surface area contributed by atoms with E-state index in [0.29, 0.717) is 36.4 Å². The van der Waals surface area contributed by atoms with Gasteiger partial charge in [-0.25, -0.2) is 0 Å². The van der Waals surface area contributed by atoms with Crippen molar-refractivity contribution < 1.29 is 14.2 Å². The minimum atomic E-state index is 0.432. The fourth-order valence-electron chi connectivity index (χ4n) is 2.56. The molecule has 0 radical (unpaired) electrons. The summed E-state index contributed by atoms with van der Waals surface area (Å²) in [6.45, 7) is 9.46. The van der Waals surface area contributed by atoms with E-state index in [0.717, 1.165) is 17.7 Å². The van der Waals surface area contributed by atoms with Gasteiger partial charge < -0.3 is 19.5 Å². The first-order chi connectivity index (χ1) is 14.5. The molecule has 30 heavy (non-hydrogen) atoms. The van der Waals surface area contributed by atoms with Crippen LogP contribution in [0.2, 0.25) is 0 Å². The van der Waals surface area contributed by atoms with Crippen molar-refractivity contribution in [2.24, 2.45) is 5.10 Å². The van der Waals surface area contributed by atoms with E-state index in [-0.39, 0.29) is 0 Å². The van der Waals surface area contributed by atoms with Crippen LogP contribution in [0.1, 0.15) is 23.1 Å². The second-order valence-corrected chi connectivity index (χ2v) is 6.94. The van der Waals surface area contributed by atoms with Gasteiger partial charge in [0.25, 0.3) is 0 Å². The zero-order valence-electron chi connectivity index (χ0n) is 17.7. The number of rotatable bonds is 11. The SMILES string of the molecule is C=CCNC(=S)N/N=C/c1ccc(OCCCOc2cccc(C)c2C)c(OC)c1. The predicted molar refractivity (Wildman–Crippen MR) is 126 cm³/mol. The van der Waals surface area contributed by atoms with E-state index in [4.69, 9.17) is 26.4 Å². The fourth-order valence-corrected chi connectivity index (χ4v) is 2.69. The molecule has 0 fully saturated rings. The van der Waals surface area contributed by atoms with Crippen LogP contribution in [0.15, 0.2) is 54.2 Å². The Bertz CT molecular complexity index is 884.